The highest BCUT2D eigenvalue weighted by atomic mass is 19.4. The molecule has 14 heavy (non-hydrogen) atoms. The van der Waals surface area contributed by atoms with Gasteiger partial charge in [0.15, 0.2) is 17.7 Å². The van der Waals surface area contributed by atoms with Crippen molar-refractivity contribution in [2.24, 2.45) is 0 Å². The van der Waals surface area contributed by atoms with E-state index in [9.17, 15) is 18.0 Å². The Bertz CT molecular complexity index is 342. The summed E-state index contributed by atoms with van der Waals surface area (Å²) in [6, 6.07) is -0.493. The van der Waals surface area contributed by atoms with Gasteiger partial charge in [0.2, 0.25) is 0 Å². The molecule has 0 amide bonds. The van der Waals surface area contributed by atoms with E-state index < -0.39 is 23.6 Å². The quantitative estimate of drug-likeness (QED) is 0.693. The average Bonchev–Trinajstić information content (AvgIpc) is 2.45. The van der Waals surface area contributed by atoms with Crippen LogP contribution in [0.4, 0.5) is 13.2 Å². The fraction of sp³-hybridized carbons (Fsp3) is 0.571. The first-order chi connectivity index (χ1) is 6.38. The lowest BCUT2D eigenvalue weighted by Crippen LogP contribution is -2.17. The van der Waals surface area contributed by atoms with Crippen LogP contribution in [0.2, 0.25) is 0 Å². The first-order valence-corrected chi connectivity index (χ1v) is 3.85. The van der Waals surface area contributed by atoms with E-state index in [1.165, 1.54) is 13.8 Å². The predicted molar refractivity (Wildman–Crippen MR) is 40.8 cm³/mol. The molecule has 0 unspecified atom stereocenters. The van der Waals surface area contributed by atoms with E-state index in [0.717, 1.165) is 0 Å². The molecule has 0 aromatic carbocycles. The number of nitrogens with zero attached hydrogens (tertiary/aromatic N) is 3. The molecule has 0 bridgehead atoms. The zero-order chi connectivity index (χ0) is 10.9. The summed E-state index contributed by atoms with van der Waals surface area (Å²) in [6.45, 7) is 3.05. The smallest absolute Gasteiger partial charge is 0.296 e. The first-order valence-electron chi connectivity index (χ1n) is 3.85. The molecular formula is C7H8F3N3O. The second-order valence-electron chi connectivity index (χ2n) is 2.98. The fourth-order valence-corrected chi connectivity index (χ4v) is 1.02. The second kappa shape index (κ2) is 3.39. The number of hydrogen-bond acceptors (Lipinski definition) is 3. The number of carbonyl (C=O) groups is 1. The summed E-state index contributed by atoms with van der Waals surface area (Å²) in [5.74, 6) is 0. The van der Waals surface area contributed by atoms with Gasteiger partial charge in [-0.05, 0) is 13.8 Å². The molecule has 1 aromatic heterocycles. The van der Waals surface area contributed by atoms with Crippen molar-refractivity contribution in [3.8, 4) is 0 Å². The molecule has 0 aliphatic rings. The average molecular weight is 207 g/mol. The molecule has 0 saturated carbocycles. The number of halogens is 3. The van der Waals surface area contributed by atoms with Crippen LogP contribution in [0.5, 0.6) is 0 Å². The highest BCUT2D eigenvalue weighted by Crippen LogP contribution is 2.31. The van der Waals surface area contributed by atoms with Gasteiger partial charge in [-0.1, -0.05) is 5.21 Å². The molecule has 7 heteroatoms. The maximum atomic E-state index is 12.4. The van der Waals surface area contributed by atoms with Gasteiger partial charge < -0.3 is 0 Å². The molecule has 0 aliphatic carbocycles. The third kappa shape index (κ3) is 1.75. The van der Waals surface area contributed by atoms with Crippen LogP contribution in [-0.2, 0) is 6.18 Å². The normalized spacial score (nSPS) is 12.1. The number of hydrogen-bond donors (Lipinski definition) is 0. The van der Waals surface area contributed by atoms with Crippen LogP contribution in [0, 0.1) is 0 Å². The highest BCUT2D eigenvalue weighted by Gasteiger charge is 2.39. The number of rotatable bonds is 2. The van der Waals surface area contributed by atoms with Crippen molar-refractivity contribution in [1.29, 1.82) is 0 Å². The summed E-state index contributed by atoms with van der Waals surface area (Å²) in [7, 11) is 0. The van der Waals surface area contributed by atoms with Crippen molar-refractivity contribution in [2.75, 3.05) is 0 Å². The van der Waals surface area contributed by atoms with Gasteiger partial charge in [-0.25, -0.2) is 4.68 Å². The van der Waals surface area contributed by atoms with Gasteiger partial charge >= 0.3 is 6.18 Å². The van der Waals surface area contributed by atoms with E-state index in [-0.39, 0.29) is 6.29 Å². The Labute approximate surface area is 77.7 Å². The van der Waals surface area contributed by atoms with Gasteiger partial charge in [0.25, 0.3) is 0 Å². The topological polar surface area (TPSA) is 47.8 Å². The molecular weight excluding hydrogens is 199 g/mol. The molecule has 0 atom stereocenters. The van der Waals surface area contributed by atoms with E-state index >= 15 is 0 Å². The number of carbonyl (C=O) groups excluding carboxylic acids is 1. The van der Waals surface area contributed by atoms with E-state index in [0.29, 0.717) is 4.68 Å². The molecule has 0 spiro atoms. The SMILES string of the molecule is CC(C)n1nnc(C=O)c1C(F)(F)F. The predicted octanol–water partition coefficient (Wildman–Crippen LogP) is 1.69. The summed E-state index contributed by atoms with van der Waals surface area (Å²) in [4.78, 5) is 10.3. The zero-order valence-electron chi connectivity index (χ0n) is 7.54. The highest BCUT2D eigenvalue weighted by molar-refractivity contribution is 5.73. The Hall–Kier alpha value is -1.40. The summed E-state index contributed by atoms with van der Waals surface area (Å²) >= 11 is 0. The minimum atomic E-state index is -4.61. The van der Waals surface area contributed by atoms with Gasteiger partial charge in [0.1, 0.15) is 0 Å². The van der Waals surface area contributed by atoms with Crippen LogP contribution in [0.3, 0.4) is 0 Å². The van der Waals surface area contributed by atoms with Crippen LogP contribution in [0.25, 0.3) is 0 Å². The van der Waals surface area contributed by atoms with Crippen LogP contribution >= 0.6 is 0 Å². The maximum Gasteiger partial charge on any atom is 0.435 e. The lowest BCUT2D eigenvalue weighted by molar-refractivity contribution is -0.145. The van der Waals surface area contributed by atoms with Crippen molar-refractivity contribution >= 4 is 6.29 Å². The molecule has 0 radical (unpaired) electrons. The largest absolute Gasteiger partial charge is 0.435 e. The zero-order valence-corrected chi connectivity index (χ0v) is 7.54. The number of aldehydes is 1. The number of aromatic nitrogens is 3. The molecule has 0 fully saturated rings. The maximum absolute atomic E-state index is 12.4. The van der Waals surface area contributed by atoms with Crippen molar-refractivity contribution in [3.63, 3.8) is 0 Å². The first kappa shape index (κ1) is 10.7. The Kier molecular flexibility index (Phi) is 2.59. The van der Waals surface area contributed by atoms with Gasteiger partial charge in [-0.3, -0.25) is 4.79 Å². The molecule has 0 N–H and O–H groups in total. The van der Waals surface area contributed by atoms with E-state index in [1.54, 1.807) is 0 Å². The van der Waals surface area contributed by atoms with Crippen LogP contribution in [0.1, 0.15) is 36.1 Å². The number of alkyl halides is 3. The third-order valence-electron chi connectivity index (χ3n) is 1.59. The standard InChI is InChI=1S/C7H8F3N3O/c1-4(2)13-6(7(8,9)10)5(3-14)11-12-13/h3-4H,1-2H3. The second-order valence-corrected chi connectivity index (χ2v) is 2.98. The lowest BCUT2D eigenvalue weighted by Gasteiger charge is -2.11. The molecule has 4 nitrogen and oxygen atoms in total. The molecule has 0 saturated heterocycles. The van der Waals surface area contributed by atoms with Gasteiger partial charge in [-0.2, -0.15) is 13.2 Å². The van der Waals surface area contributed by atoms with Crippen LogP contribution in [-0.4, -0.2) is 21.3 Å². The molecule has 78 valence electrons. The van der Waals surface area contributed by atoms with Gasteiger partial charge in [0, 0.05) is 6.04 Å². The third-order valence-corrected chi connectivity index (χ3v) is 1.59. The van der Waals surface area contributed by atoms with Crippen molar-refractivity contribution in [1.82, 2.24) is 15.0 Å². The molecule has 0 aliphatic heterocycles. The van der Waals surface area contributed by atoms with Crippen LogP contribution < -0.4 is 0 Å². The van der Waals surface area contributed by atoms with E-state index in [2.05, 4.69) is 10.3 Å². The van der Waals surface area contributed by atoms with E-state index in [4.69, 9.17) is 0 Å². The van der Waals surface area contributed by atoms with Crippen molar-refractivity contribution in [2.45, 2.75) is 26.1 Å². The molecule has 1 aromatic rings. The van der Waals surface area contributed by atoms with Gasteiger partial charge in [-0.15, -0.1) is 5.10 Å². The Balaban J connectivity index is 3.34. The Morgan fingerprint density at radius 2 is 2.00 bits per heavy atom. The van der Waals surface area contributed by atoms with E-state index in [1.807, 2.05) is 0 Å². The minimum absolute atomic E-state index is 0.0503. The van der Waals surface area contributed by atoms with Crippen LogP contribution in [0.15, 0.2) is 0 Å². The van der Waals surface area contributed by atoms with Gasteiger partial charge in [0.05, 0.1) is 0 Å². The summed E-state index contributed by atoms with van der Waals surface area (Å²) in [6.07, 6.45) is -4.56. The minimum Gasteiger partial charge on any atom is -0.296 e. The van der Waals surface area contributed by atoms with Crippen molar-refractivity contribution < 1.29 is 18.0 Å². The lowest BCUT2D eigenvalue weighted by atomic mass is 10.3. The Morgan fingerprint density at radius 3 is 2.36 bits per heavy atom. The summed E-state index contributed by atoms with van der Waals surface area (Å²) < 4.78 is 38.0. The Morgan fingerprint density at radius 1 is 1.43 bits per heavy atom. The fourth-order valence-electron chi connectivity index (χ4n) is 1.02. The monoisotopic (exact) mass is 207 g/mol. The molecule has 1 heterocycles. The summed E-state index contributed by atoms with van der Waals surface area (Å²) in [5, 5.41) is 6.42. The molecule has 1 rings (SSSR count). The summed E-state index contributed by atoms with van der Waals surface area (Å²) in [5.41, 5.74) is -1.77. The van der Waals surface area contributed by atoms with Crippen molar-refractivity contribution in [3.05, 3.63) is 11.4 Å².